The molecule has 4 aromatic rings. The van der Waals surface area contributed by atoms with Gasteiger partial charge in [-0.15, -0.1) is 5.10 Å². The summed E-state index contributed by atoms with van der Waals surface area (Å²) in [7, 11) is 3.23. The second kappa shape index (κ2) is 4.74. The van der Waals surface area contributed by atoms with Crippen LogP contribution >= 0.6 is 11.3 Å². The van der Waals surface area contributed by atoms with E-state index in [9.17, 15) is 0 Å². The molecule has 0 saturated heterocycles. The Morgan fingerprint density at radius 3 is 2.77 bits per heavy atom. The van der Waals surface area contributed by atoms with E-state index in [1.54, 1.807) is 18.7 Å². The van der Waals surface area contributed by atoms with Crippen LogP contribution in [0.2, 0.25) is 0 Å². The van der Waals surface area contributed by atoms with Crippen LogP contribution in [0.15, 0.2) is 28.8 Å². The lowest BCUT2D eigenvalue weighted by molar-refractivity contribution is 0.405. The SMILES string of the molecule is COc1nn2cc(-c3cc4cc(C)cc(OC)c4o3)nc2s1. The first-order valence-corrected chi connectivity index (χ1v) is 7.48. The van der Waals surface area contributed by atoms with Crippen molar-refractivity contribution in [2.75, 3.05) is 14.2 Å². The molecule has 1 aromatic carbocycles. The minimum atomic E-state index is 0.580. The molecule has 0 radical (unpaired) electrons. The number of hydrogen-bond acceptors (Lipinski definition) is 6. The maximum atomic E-state index is 5.93. The van der Waals surface area contributed by atoms with E-state index >= 15 is 0 Å². The molecule has 0 amide bonds. The van der Waals surface area contributed by atoms with E-state index in [-0.39, 0.29) is 0 Å². The Labute approximate surface area is 129 Å². The summed E-state index contributed by atoms with van der Waals surface area (Å²) in [5.74, 6) is 1.41. The highest BCUT2D eigenvalue weighted by molar-refractivity contribution is 7.18. The number of rotatable bonds is 3. The summed E-state index contributed by atoms with van der Waals surface area (Å²) in [6.45, 7) is 2.03. The summed E-state index contributed by atoms with van der Waals surface area (Å²) in [6.07, 6.45) is 1.82. The Morgan fingerprint density at radius 2 is 2.05 bits per heavy atom. The van der Waals surface area contributed by atoms with Crippen molar-refractivity contribution < 1.29 is 13.9 Å². The second-order valence-corrected chi connectivity index (χ2v) is 5.84. The smallest absolute Gasteiger partial charge is 0.294 e. The molecule has 0 saturated carbocycles. The summed E-state index contributed by atoms with van der Waals surface area (Å²) >= 11 is 1.38. The molecule has 0 unspecified atom stereocenters. The topological polar surface area (TPSA) is 61.8 Å². The third-order valence-electron chi connectivity index (χ3n) is 3.40. The van der Waals surface area contributed by atoms with Gasteiger partial charge in [-0.3, -0.25) is 0 Å². The molecule has 0 aliphatic rings. The van der Waals surface area contributed by atoms with E-state index < -0.39 is 0 Å². The summed E-state index contributed by atoms with van der Waals surface area (Å²) in [4.78, 5) is 5.29. The standard InChI is InChI=1S/C15H13N3O3S/c1-8-4-9-6-11(21-13(9)12(5-8)19-2)10-7-18-14(16-10)22-15(17-18)20-3/h4-7H,1-3H3. The van der Waals surface area contributed by atoms with Crippen LogP contribution in [0.25, 0.3) is 27.4 Å². The fraction of sp³-hybridized carbons (Fsp3) is 0.200. The van der Waals surface area contributed by atoms with Gasteiger partial charge >= 0.3 is 0 Å². The molecule has 7 heteroatoms. The fourth-order valence-electron chi connectivity index (χ4n) is 2.43. The maximum absolute atomic E-state index is 5.93. The van der Waals surface area contributed by atoms with E-state index in [1.165, 1.54) is 11.3 Å². The van der Waals surface area contributed by atoms with Gasteiger partial charge in [0.15, 0.2) is 17.1 Å². The Bertz CT molecular complexity index is 951. The molecule has 0 N–H and O–H groups in total. The van der Waals surface area contributed by atoms with Crippen molar-refractivity contribution in [1.29, 1.82) is 0 Å². The molecular weight excluding hydrogens is 302 g/mol. The molecule has 112 valence electrons. The molecule has 22 heavy (non-hydrogen) atoms. The van der Waals surface area contributed by atoms with Crippen molar-refractivity contribution in [2.45, 2.75) is 6.92 Å². The van der Waals surface area contributed by atoms with Crippen molar-refractivity contribution in [1.82, 2.24) is 14.6 Å². The van der Waals surface area contributed by atoms with Gasteiger partial charge in [0.25, 0.3) is 5.19 Å². The number of hydrogen-bond donors (Lipinski definition) is 0. The first kappa shape index (κ1) is 13.1. The van der Waals surface area contributed by atoms with Crippen molar-refractivity contribution in [2.24, 2.45) is 0 Å². The Kier molecular flexibility index (Phi) is 2.83. The molecular formula is C15H13N3O3S. The lowest BCUT2D eigenvalue weighted by atomic mass is 10.1. The number of ether oxygens (including phenoxy) is 2. The molecule has 0 spiro atoms. The highest BCUT2D eigenvalue weighted by Gasteiger charge is 2.15. The molecule has 0 atom stereocenters. The lowest BCUT2D eigenvalue weighted by Gasteiger charge is -2.01. The number of methoxy groups -OCH3 is 2. The van der Waals surface area contributed by atoms with Crippen LogP contribution in [0.5, 0.6) is 10.9 Å². The van der Waals surface area contributed by atoms with Gasteiger partial charge in [0.05, 0.1) is 20.4 Å². The number of imidazole rings is 1. The maximum Gasteiger partial charge on any atom is 0.294 e. The lowest BCUT2D eigenvalue weighted by Crippen LogP contribution is -1.84. The molecule has 4 rings (SSSR count). The quantitative estimate of drug-likeness (QED) is 0.579. The van der Waals surface area contributed by atoms with Gasteiger partial charge in [0, 0.05) is 5.39 Å². The first-order valence-electron chi connectivity index (χ1n) is 6.66. The highest BCUT2D eigenvalue weighted by Crippen LogP contribution is 2.34. The molecule has 3 heterocycles. The monoisotopic (exact) mass is 315 g/mol. The van der Waals surface area contributed by atoms with E-state index in [0.29, 0.717) is 11.0 Å². The zero-order valence-electron chi connectivity index (χ0n) is 12.3. The zero-order chi connectivity index (χ0) is 15.3. The average Bonchev–Trinajstić information content (AvgIpc) is 3.16. The van der Waals surface area contributed by atoms with Crippen LogP contribution in [0, 0.1) is 6.92 Å². The molecule has 0 fully saturated rings. The summed E-state index contributed by atoms with van der Waals surface area (Å²) in [5, 5.41) is 5.84. The number of fused-ring (bicyclic) bond motifs is 2. The van der Waals surface area contributed by atoms with Gasteiger partial charge in [0.2, 0.25) is 4.96 Å². The Morgan fingerprint density at radius 1 is 1.18 bits per heavy atom. The number of nitrogens with zero attached hydrogens (tertiary/aromatic N) is 3. The van der Waals surface area contributed by atoms with E-state index in [1.807, 2.05) is 25.3 Å². The summed E-state index contributed by atoms with van der Waals surface area (Å²) < 4.78 is 18.1. The van der Waals surface area contributed by atoms with Gasteiger partial charge in [-0.2, -0.15) is 0 Å². The fourth-order valence-corrected chi connectivity index (χ4v) is 3.12. The van der Waals surface area contributed by atoms with Crippen molar-refractivity contribution in [3.05, 3.63) is 30.0 Å². The van der Waals surface area contributed by atoms with Crippen LogP contribution in [0.4, 0.5) is 0 Å². The minimum absolute atomic E-state index is 0.580. The largest absolute Gasteiger partial charge is 0.493 e. The number of aromatic nitrogens is 3. The summed E-state index contributed by atoms with van der Waals surface area (Å²) in [5.41, 5.74) is 2.58. The minimum Gasteiger partial charge on any atom is -0.493 e. The normalized spacial score (nSPS) is 11.4. The predicted molar refractivity (Wildman–Crippen MR) is 83.9 cm³/mol. The van der Waals surface area contributed by atoms with E-state index in [0.717, 1.165) is 32.9 Å². The predicted octanol–water partition coefficient (Wildman–Crippen LogP) is 3.53. The molecule has 0 aliphatic heterocycles. The van der Waals surface area contributed by atoms with Gasteiger partial charge in [-0.1, -0.05) is 0 Å². The van der Waals surface area contributed by atoms with Crippen molar-refractivity contribution in [3.8, 4) is 22.4 Å². The highest BCUT2D eigenvalue weighted by atomic mass is 32.1. The van der Waals surface area contributed by atoms with Crippen LogP contribution in [-0.2, 0) is 0 Å². The van der Waals surface area contributed by atoms with Gasteiger partial charge < -0.3 is 13.9 Å². The molecule has 6 nitrogen and oxygen atoms in total. The van der Waals surface area contributed by atoms with Gasteiger partial charge in [-0.25, -0.2) is 9.50 Å². The first-order chi connectivity index (χ1) is 10.7. The number of aryl methyl sites for hydroxylation is 1. The van der Waals surface area contributed by atoms with Crippen LogP contribution in [0.3, 0.4) is 0 Å². The summed E-state index contributed by atoms with van der Waals surface area (Å²) in [6, 6.07) is 5.98. The van der Waals surface area contributed by atoms with Crippen molar-refractivity contribution in [3.63, 3.8) is 0 Å². The van der Waals surface area contributed by atoms with E-state index in [2.05, 4.69) is 16.1 Å². The average molecular weight is 315 g/mol. The third-order valence-corrected chi connectivity index (χ3v) is 4.28. The van der Waals surface area contributed by atoms with E-state index in [4.69, 9.17) is 13.9 Å². The second-order valence-electron chi connectivity index (χ2n) is 4.92. The van der Waals surface area contributed by atoms with Crippen LogP contribution in [0.1, 0.15) is 5.56 Å². The van der Waals surface area contributed by atoms with Crippen LogP contribution in [-0.4, -0.2) is 28.8 Å². The zero-order valence-corrected chi connectivity index (χ0v) is 13.1. The number of benzene rings is 1. The van der Waals surface area contributed by atoms with Crippen molar-refractivity contribution >= 4 is 27.3 Å². The Hall–Kier alpha value is -2.54. The molecule has 0 bridgehead atoms. The number of furan rings is 1. The molecule has 3 aromatic heterocycles. The van der Waals surface area contributed by atoms with Crippen LogP contribution < -0.4 is 9.47 Å². The van der Waals surface area contributed by atoms with Gasteiger partial charge in [-0.05, 0) is 42.0 Å². The Balaban J connectivity index is 1.86. The van der Waals surface area contributed by atoms with Gasteiger partial charge in [0.1, 0.15) is 5.69 Å². The molecule has 0 aliphatic carbocycles. The third kappa shape index (κ3) is 1.93.